The van der Waals surface area contributed by atoms with E-state index in [0.29, 0.717) is 23.7 Å². The zero-order valence-electron chi connectivity index (χ0n) is 14.6. The molecule has 1 saturated carbocycles. The molecule has 8 heteroatoms. The number of para-hydroxylation sites is 1. The summed E-state index contributed by atoms with van der Waals surface area (Å²) in [5, 5.41) is 17.9. The molecule has 1 aliphatic rings. The fourth-order valence-electron chi connectivity index (χ4n) is 3.26. The molecule has 2 aromatic rings. The lowest BCUT2D eigenvalue weighted by Crippen LogP contribution is -2.50. The Labute approximate surface area is 156 Å². The van der Waals surface area contributed by atoms with Crippen LogP contribution in [0.25, 0.3) is 5.69 Å². The van der Waals surface area contributed by atoms with Crippen molar-refractivity contribution in [2.75, 3.05) is 12.8 Å². The maximum Gasteiger partial charge on any atom is 0.234 e. The van der Waals surface area contributed by atoms with Crippen LogP contribution in [-0.2, 0) is 4.79 Å². The Hall–Kier alpha value is -2.40. The lowest BCUT2D eigenvalue weighted by atomic mass is 9.81. The van der Waals surface area contributed by atoms with Gasteiger partial charge in [-0.3, -0.25) is 9.36 Å². The normalized spacial score (nSPS) is 16.0. The van der Waals surface area contributed by atoms with Crippen molar-refractivity contribution in [2.45, 2.75) is 42.8 Å². The van der Waals surface area contributed by atoms with E-state index in [0.717, 1.165) is 19.3 Å². The highest BCUT2D eigenvalue weighted by Crippen LogP contribution is 2.33. The van der Waals surface area contributed by atoms with Crippen molar-refractivity contribution in [1.82, 2.24) is 19.7 Å². The first-order valence-corrected chi connectivity index (χ1v) is 9.51. The van der Waals surface area contributed by atoms with Crippen LogP contribution >= 0.6 is 11.8 Å². The van der Waals surface area contributed by atoms with Gasteiger partial charge in [0.05, 0.1) is 17.5 Å². The predicted octanol–water partition coefficient (Wildman–Crippen LogP) is 3.18. The van der Waals surface area contributed by atoms with Gasteiger partial charge in [-0.2, -0.15) is 5.26 Å². The molecule has 1 amide bonds. The van der Waals surface area contributed by atoms with E-state index in [1.54, 1.807) is 30.1 Å². The van der Waals surface area contributed by atoms with Gasteiger partial charge in [-0.25, -0.2) is 4.39 Å². The Morgan fingerprint density at radius 3 is 2.81 bits per heavy atom. The third kappa shape index (κ3) is 3.58. The minimum atomic E-state index is -0.713. The van der Waals surface area contributed by atoms with Crippen molar-refractivity contribution in [3.63, 3.8) is 0 Å². The summed E-state index contributed by atoms with van der Waals surface area (Å²) in [6, 6.07) is 8.68. The van der Waals surface area contributed by atoms with Crippen molar-refractivity contribution in [2.24, 2.45) is 0 Å². The topological polar surface area (TPSA) is 74.8 Å². The smallest absolute Gasteiger partial charge is 0.234 e. The van der Waals surface area contributed by atoms with E-state index >= 15 is 0 Å². The first-order chi connectivity index (χ1) is 12.6. The maximum absolute atomic E-state index is 14.0. The molecule has 1 aromatic carbocycles. The van der Waals surface area contributed by atoms with Gasteiger partial charge in [0.2, 0.25) is 5.91 Å². The van der Waals surface area contributed by atoms with Gasteiger partial charge in [0, 0.05) is 7.05 Å². The largest absolute Gasteiger partial charge is 0.326 e. The number of amides is 1. The lowest BCUT2D eigenvalue weighted by Gasteiger charge is -2.39. The SMILES string of the molecule is CN(C(=O)CSc1nncn1-c1ccccc1F)C1(C#N)CCCCC1. The Bertz CT molecular complexity index is 825. The summed E-state index contributed by atoms with van der Waals surface area (Å²) in [5.74, 6) is -0.405. The summed E-state index contributed by atoms with van der Waals surface area (Å²) < 4.78 is 15.5. The minimum absolute atomic E-state index is 0.118. The Balaban J connectivity index is 1.70. The summed E-state index contributed by atoms with van der Waals surface area (Å²) in [6.07, 6.45) is 5.86. The second-order valence-electron chi connectivity index (χ2n) is 6.38. The lowest BCUT2D eigenvalue weighted by molar-refractivity contribution is -0.131. The van der Waals surface area contributed by atoms with E-state index in [9.17, 15) is 14.4 Å². The third-order valence-electron chi connectivity index (χ3n) is 4.86. The molecule has 0 spiro atoms. The minimum Gasteiger partial charge on any atom is -0.326 e. The van der Waals surface area contributed by atoms with Crippen molar-refractivity contribution in [3.8, 4) is 11.8 Å². The number of carbonyl (C=O) groups is 1. The van der Waals surface area contributed by atoms with Crippen LogP contribution in [-0.4, -0.2) is 43.9 Å². The number of carbonyl (C=O) groups excluding carboxylic acids is 1. The highest BCUT2D eigenvalue weighted by atomic mass is 32.2. The van der Waals surface area contributed by atoms with E-state index in [1.165, 1.54) is 28.7 Å². The zero-order chi connectivity index (χ0) is 18.6. The van der Waals surface area contributed by atoms with Gasteiger partial charge in [0.25, 0.3) is 0 Å². The van der Waals surface area contributed by atoms with Crippen LogP contribution < -0.4 is 0 Å². The van der Waals surface area contributed by atoms with Crippen LogP contribution in [0, 0.1) is 17.1 Å². The molecular weight excluding hydrogens is 353 g/mol. The number of hydrogen-bond acceptors (Lipinski definition) is 5. The van der Waals surface area contributed by atoms with Gasteiger partial charge in [-0.05, 0) is 25.0 Å². The Morgan fingerprint density at radius 2 is 2.12 bits per heavy atom. The van der Waals surface area contributed by atoms with Gasteiger partial charge < -0.3 is 4.90 Å². The zero-order valence-corrected chi connectivity index (χ0v) is 15.4. The van der Waals surface area contributed by atoms with Crippen LogP contribution in [0.5, 0.6) is 0 Å². The molecule has 0 unspecified atom stereocenters. The molecule has 1 heterocycles. The number of nitriles is 1. The molecule has 0 N–H and O–H groups in total. The average molecular weight is 373 g/mol. The van der Waals surface area contributed by atoms with Crippen molar-refractivity contribution >= 4 is 17.7 Å². The van der Waals surface area contributed by atoms with Crippen LogP contribution in [0.2, 0.25) is 0 Å². The summed E-state index contributed by atoms with van der Waals surface area (Å²) >= 11 is 1.19. The van der Waals surface area contributed by atoms with Crippen molar-refractivity contribution in [3.05, 3.63) is 36.4 Å². The number of halogens is 1. The molecule has 1 aromatic heterocycles. The van der Waals surface area contributed by atoms with Gasteiger partial charge >= 0.3 is 0 Å². The number of hydrogen-bond donors (Lipinski definition) is 0. The fraction of sp³-hybridized carbons (Fsp3) is 0.444. The average Bonchev–Trinajstić information content (AvgIpc) is 3.14. The quantitative estimate of drug-likeness (QED) is 0.753. The number of benzene rings is 1. The highest BCUT2D eigenvalue weighted by molar-refractivity contribution is 7.99. The number of nitrogens with zero attached hydrogens (tertiary/aromatic N) is 5. The molecule has 1 fully saturated rings. The molecular formula is C18H20FN5OS. The standard InChI is InChI=1S/C18H20FN5OS/c1-23(18(12-20)9-5-2-6-10-18)16(25)11-26-17-22-21-13-24(17)15-8-4-3-7-14(15)19/h3-4,7-8,13H,2,5-6,9-11H2,1H3. The molecule has 26 heavy (non-hydrogen) atoms. The maximum atomic E-state index is 14.0. The molecule has 0 atom stereocenters. The number of aromatic nitrogens is 3. The fourth-order valence-corrected chi connectivity index (χ4v) is 4.09. The Morgan fingerprint density at radius 1 is 1.38 bits per heavy atom. The van der Waals surface area contributed by atoms with Crippen LogP contribution in [0.15, 0.2) is 35.7 Å². The second-order valence-corrected chi connectivity index (χ2v) is 7.32. The van der Waals surface area contributed by atoms with E-state index in [4.69, 9.17) is 0 Å². The van der Waals surface area contributed by atoms with Crippen LogP contribution in [0.1, 0.15) is 32.1 Å². The van der Waals surface area contributed by atoms with Gasteiger partial charge in [-0.1, -0.05) is 43.2 Å². The van der Waals surface area contributed by atoms with E-state index in [-0.39, 0.29) is 17.5 Å². The molecule has 0 aliphatic heterocycles. The second kappa shape index (κ2) is 7.87. The van der Waals surface area contributed by atoms with Crippen LogP contribution in [0.4, 0.5) is 4.39 Å². The van der Waals surface area contributed by atoms with Crippen molar-refractivity contribution < 1.29 is 9.18 Å². The number of thioether (sulfide) groups is 1. The first kappa shape index (κ1) is 18.4. The molecule has 3 rings (SSSR count). The molecule has 136 valence electrons. The summed E-state index contributed by atoms with van der Waals surface area (Å²) in [5.41, 5.74) is -0.378. The third-order valence-corrected chi connectivity index (χ3v) is 5.79. The monoisotopic (exact) mass is 373 g/mol. The molecule has 0 bridgehead atoms. The predicted molar refractivity (Wildman–Crippen MR) is 96.2 cm³/mol. The molecule has 0 saturated heterocycles. The molecule has 0 radical (unpaired) electrons. The highest BCUT2D eigenvalue weighted by Gasteiger charge is 2.38. The number of rotatable bonds is 5. The van der Waals surface area contributed by atoms with Gasteiger partial charge in [-0.15, -0.1) is 10.2 Å². The van der Waals surface area contributed by atoms with Gasteiger partial charge in [0.15, 0.2) is 5.16 Å². The van der Waals surface area contributed by atoms with E-state index in [2.05, 4.69) is 16.3 Å². The van der Waals surface area contributed by atoms with E-state index in [1.807, 2.05) is 0 Å². The summed E-state index contributed by atoms with van der Waals surface area (Å²) in [7, 11) is 1.69. The van der Waals surface area contributed by atoms with E-state index < -0.39 is 5.54 Å². The molecule has 6 nitrogen and oxygen atoms in total. The summed E-state index contributed by atoms with van der Waals surface area (Å²) in [6.45, 7) is 0. The first-order valence-electron chi connectivity index (χ1n) is 8.53. The van der Waals surface area contributed by atoms with Crippen molar-refractivity contribution in [1.29, 1.82) is 5.26 Å². The Kier molecular flexibility index (Phi) is 5.57. The van der Waals surface area contributed by atoms with Gasteiger partial charge in [0.1, 0.15) is 17.7 Å². The molecule has 1 aliphatic carbocycles. The summed E-state index contributed by atoms with van der Waals surface area (Å²) in [4.78, 5) is 14.2. The van der Waals surface area contributed by atoms with Crippen LogP contribution in [0.3, 0.4) is 0 Å².